The lowest BCUT2D eigenvalue weighted by atomic mass is 9.80. The molecule has 0 amide bonds. The van der Waals surface area contributed by atoms with Gasteiger partial charge >= 0.3 is 17.9 Å². The molecule has 1 aromatic carbocycles. The zero-order valence-corrected chi connectivity index (χ0v) is 16.9. The molecule has 3 rings (SSSR count). The Bertz CT molecular complexity index is 820. The normalized spacial score (nSPS) is 26.0. The summed E-state index contributed by atoms with van der Waals surface area (Å²) in [6.07, 6.45) is -1.48. The number of para-hydroxylation sites is 1. The lowest BCUT2D eigenvalue weighted by Gasteiger charge is -2.50. The predicted molar refractivity (Wildman–Crippen MR) is 103 cm³/mol. The van der Waals surface area contributed by atoms with Crippen molar-refractivity contribution in [3.8, 4) is 0 Å². The molecule has 1 saturated heterocycles. The molecule has 1 fully saturated rings. The zero-order valence-electron chi connectivity index (χ0n) is 16.9. The van der Waals surface area contributed by atoms with Crippen molar-refractivity contribution in [2.45, 2.75) is 45.6 Å². The molecule has 2 unspecified atom stereocenters. The highest BCUT2D eigenvalue weighted by Crippen LogP contribution is 2.43. The van der Waals surface area contributed by atoms with Crippen LogP contribution in [0.4, 0.5) is 5.69 Å². The number of methoxy groups -OCH3 is 1. The lowest BCUT2D eigenvalue weighted by molar-refractivity contribution is -0.193. The monoisotopic (exact) mass is 403 g/mol. The van der Waals surface area contributed by atoms with Gasteiger partial charge in [0.2, 0.25) is 0 Å². The summed E-state index contributed by atoms with van der Waals surface area (Å²) in [4.78, 5) is 37.7. The summed E-state index contributed by atoms with van der Waals surface area (Å²) >= 11 is 0. The molecule has 0 spiro atoms. The van der Waals surface area contributed by atoms with Crippen LogP contribution in [0.25, 0.3) is 0 Å². The first-order chi connectivity index (χ1) is 13.8. The Balaban J connectivity index is 2.07. The van der Waals surface area contributed by atoms with Gasteiger partial charge in [-0.05, 0) is 19.1 Å². The minimum Gasteiger partial charge on any atom is -0.466 e. The summed E-state index contributed by atoms with van der Waals surface area (Å²) in [7, 11) is 1.32. The van der Waals surface area contributed by atoms with Crippen molar-refractivity contribution in [1.29, 1.82) is 0 Å². The number of anilines is 1. The number of ether oxygens (including phenoxy) is 4. The fourth-order valence-electron chi connectivity index (χ4n) is 4.05. The molecule has 0 radical (unpaired) electrons. The first kappa shape index (κ1) is 20.9. The van der Waals surface area contributed by atoms with E-state index in [0.29, 0.717) is 17.7 Å². The van der Waals surface area contributed by atoms with Gasteiger partial charge in [0.25, 0.3) is 0 Å². The number of fused-ring (bicyclic) bond motifs is 2. The Morgan fingerprint density at radius 1 is 1.14 bits per heavy atom. The number of hydrogen-bond donors (Lipinski definition) is 0. The first-order valence-corrected chi connectivity index (χ1v) is 9.42. The van der Waals surface area contributed by atoms with Crippen molar-refractivity contribution in [3.05, 3.63) is 41.6 Å². The topological polar surface area (TPSA) is 91.4 Å². The number of nitrogens with zero attached hydrogens (tertiary/aromatic N) is 1. The van der Waals surface area contributed by atoms with Crippen molar-refractivity contribution >= 4 is 23.6 Å². The van der Waals surface area contributed by atoms with Gasteiger partial charge in [0, 0.05) is 37.6 Å². The first-order valence-electron chi connectivity index (χ1n) is 9.42. The van der Waals surface area contributed by atoms with Gasteiger partial charge in [0.1, 0.15) is 25.0 Å². The summed E-state index contributed by atoms with van der Waals surface area (Å²) in [5.41, 5.74) is 1.95. The van der Waals surface area contributed by atoms with E-state index in [4.69, 9.17) is 18.9 Å². The Labute approximate surface area is 169 Å². The number of esters is 3. The highest BCUT2D eigenvalue weighted by atomic mass is 16.6. The summed E-state index contributed by atoms with van der Waals surface area (Å²) in [5.74, 6) is -1.90. The van der Waals surface area contributed by atoms with E-state index in [1.807, 2.05) is 42.2 Å². The molecule has 156 valence electrons. The highest BCUT2D eigenvalue weighted by Gasteiger charge is 2.50. The van der Waals surface area contributed by atoms with Crippen molar-refractivity contribution in [2.24, 2.45) is 5.92 Å². The largest absolute Gasteiger partial charge is 0.466 e. The Morgan fingerprint density at radius 3 is 2.41 bits per heavy atom. The van der Waals surface area contributed by atoms with Crippen LogP contribution in [0.3, 0.4) is 0 Å². The molecular formula is C21H25NO7. The Kier molecular flexibility index (Phi) is 6.22. The third-order valence-electron chi connectivity index (χ3n) is 5.15. The van der Waals surface area contributed by atoms with E-state index in [1.165, 1.54) is 21.0 Å². The molecule has 0 saturated carbocycles. The van der Waals surface area contributed by atoms with Gasteiger partial charge in [-0.15, -0.1) is 0 Å². The number of carbonyl (C=O) groups excluding carboxylic acids is 3. The Hall–Kier alpha value is -2.87. The standard InChI is InChI=1S/C21H25NO7/c1-12-19(21(25)26-4)16-10-18(22(12)15-8-6-5-7-9-15)29-17(11-27-13(2)23)20(16)28-14(3)24/h5-9,16-18,20H,10-11H2,1-4H3/t16?,17-,18?,20+/m1/s1. The van der Waals surface area contributed by atoms with Crippen LogP contribution in [0.5, 0.6) is 0 Å². The molecule has 2 heterocycles. The van der Waals surface area contributed by atoms with Crippen molar-refractivity contribution < 1.29 is 33.3 Å². The smallest absolute Gasteiger partial charge is 0.335 e. The summed E-state index contributed by atoms with van der Waals surface area (Å²) in [6, 6.07) is 9.53. The predicted octanol–water partition coefficient (Wildman–Crippen LogP) is 2.18. The second-order valence-corrected chi connectivity index (χ2v) is 7.04. The number of benzene rings is 1. The summed E-state index contributed by atoms with van der Waals surface area (Å²) in [5, 5.41) is 0. The van der Waals surface area contributed by atoms with Crippen LogP contribution >= 0.6 is 0 Å². The van der Waals surface area contributed by atoms with Gasteiger partial charge in [0.15, 0.2) is 0 Å². The highest BCUT2D eigenvalue weighted by molar-refractivity contribution is 5.91. The van der Waals surface area contributed by atoms with Gasteiger partial charge in [-0.2, -0.15) is 0 Å². The van der Waals surface area contributed by atoms with Crippen LogP contribution in [0.1, 0.15) is 27.2 Å². The van der Waals surface area contributed by atoms with E-state index in [2.05, 4.69) is 0 Å². The van der Waals surface area contributed by atoms with Crippen LogP contribution in [0.2, 0.25) is 0 Å². The fraction of sp³-hybridized carbons (Fsp3) is 0.476. The number of rotatable bonds is 5. The quantitative estimate of drug-likeness (QED) is 0.546. The van der Waals surface area contributed by atoms with E-state index in [9.17, 15) is 14.4 Å². The molecule has 2 aliphatic heterocycles. The van der Waals surface area contributed by atoms with E-state index < -0.39 is 42.3 Å². The van der Waals surface area contributed by atoms with E-state index in [0.717, 1.165) is 5.69 Å². The SMILES string of the molecule is COC(=O)C1=C(C)N(c2ccccc2)C2CC1[C@H](OC(C)=O)[C@@H](COC(C)=O)O2. The molecule has 0 aromatic heterocycles. The summed E-state index contributed by atoms with van der Waals surface area (Å²) in [6.45, 7) is 4.32. The molecular weight excluding hydrogens is 378 g/mol. The van der Waals surface area contributed by atoms with Crippen molar-refractivity contribution in [2.75, 3.05) is 18.6 Å². The molecule has 29 heavy (non-hydrogen) atoms. The minimum absolute atomic E-state index is 0.0869. The van der Waals surface area contributed by atoms with Crippen molar-refractivity contribution in [3.63, 3.8) is 0 Å². The second-order valence-electron chi connectivity index (χ2n) is 7.04. The third kappa shape index (κ3) is 4.27. The molecule has 8 heteroatoms. The second kappa shape index (κ2) is 8.65. The third-order valence-corrected chi connectivity index (χ3v) is 5.15. The van der Waals surface area contributed by atoms with Crippen LogP contribution in [0.15, 0.2) is 41.6 Å². The molecule has 4 atom stereocenters. The van der Waals surface area contributed by atoms with Gasteiger partial charge < -0.3 is 23.8 Å². The number of allylic oxidation sites excluding steroid dienone is 1. The Morgan fingerprint density at radius 2 is 1.83 bits per heavy atom. The number of carbonyl (C=O) groups is 3. The number of hydrogen-bond acceptors (Lipinski definition) is 8. The average Bonchev–Trinajstić information content (AvgIpc) is 2.68. The average molecular weight is 403 g/mol. The van der Waals surface area contributed by atoms with Crippen LogP contribution in [-0.2, 0) is 33.3 Å². The molecule has 1 aromatic rings. The molecule has 2 aliphatic rings. The van der Waals surface area contributed by atoms with Crippen LogP contribution in [-0.4, -0.2) is 50.1 Å². The summed E-state index contributed by atoms with van der Waals surface area (Å²) < 4.78 is 21.9. The van der Waals surface area contributed by atoms with Gasteiger partial charge in [-0.25, -0.2) is 4.79 Å². The lowest BCUT2D eigenvalue weighted by Crippen LogP contribution is -2.58. The van der Waals surface area contributed by atoms with Crippen LogP contribution < -0.4 is 4.90 Å². The fourth-order valence-corrected chi connectivity index (χ4v) is 4.05. The molecule has 8 nitrogen and oxygen atoms in total. The maximum atomic E-state index is 12.7. The zero-order chi connectivity index (χ0) is 21.1. The van der Waals surface area contributed by atoms with Gasteiger partial charge in [-0.1, -0.05) is 18.2 Å². The van der Waals surface area contributed by atoms with E-state index in [-0.39, 0.29) is 6.61 Å². The molecule has 0 aliphatic carbocycles. The van der Waals surface area contributed by atoms with Crippen LogP contribution in [0, 0.1) is 5.92 Å². The molecule has 2 bridgehead atoms. The van der Waals surface area contributed by atoms with E-state index >= 15 is 0 Å². The minimum atomic E-state index is -0.773. The van der Waals surface area contributed by atoms with Gasteiger partial charge in [-0.3, -0.25) is 9.59 Å². The van der Waals surface area contributed by atoms with Gasteiger partial charge in [0.05, 0.1) is 12.7 Å². The van der Waals surface area contributed by atoms with E-state index in [1.54, 1.807) is 0 Å². The maximum Gasteiger partial charge on any atom is 0.335 e. The molecule has 0 N–H and O–H groups in total. The van der Waals surface area contributed by atoms with Crippen molar-refractivity contribution in [1.82, 2.24) is 0 Å². The maximum absolute atomic E-state index is 12.7.